The molecule has 0 radical (unpaired) electrons. The minimum Gasteiger partial charge on any atom is -0.384 e. The summed E-state index contributed by atoms with van der Waals surface area (Å²) < 4.78 is 27.1. The Morgan fingerprint density at radius 3 is 2.61 bits per heavy atom. The molecular weight excluding hydrogens is 376 g/mol. The fraction of sp³-hybridized carbons (Fsp3) is 0.600. The van der Waals surface area contributed by atoms with Crippen LogP contribution in [0.25, 0.3) is 6.08 Å². The predicted molar refractivity (Wildman–Crippen MR) is 109 cm³/mol. The number of sulfonamides is 1. The molecule has 0 aromatic carbocycles. The number of pyridine rings is 1. The molecule has 152 valence electrons. The Morgan fingerprint density at radius 1 is 1.25 bits per heavy atom. The van der Waals surface area contributed by atoms with Crippen LogP contribution in [-0.2, 0) is 14.8 Å². The third-order valence-corrected chi connectivity index (χ3v) is 8.77. The summed E-state index contributed by atoms with van der Waals surface area (Å²) in [6.45, 7) is 1.97. The lowest BCUT2D eigenvalue weighted by atomic mass is 10.2. The van der Waals surface area contributed by atoms with E-state index in [-0.39, 0.29) is 11.2 Å². The van der Waals surface area contributed by atoms with Gasteiger partial charge in [-0.3, -0.25) is 4.79 Å². The summed E-state index contributed by atoms with van der Waals surface area (Å²) in [7, 11) is -3.09. The van der Waals surface area contributed by atoms with Gasteiger partial charge in [-0.2, -0.15) is 0 Å². The third-order valence-electron chi connectivity index (χ3n) is 6.43. The molecule has 1 amide bonds. The van der Waals surface area contributed by atoms with Gasteiger partial charge in [0.05, 0.1) is 5.25 Å². The zero-order valence-electron chi connectivity index (χ0n) is 16.0. The number of carbonyl (C=O) groups excluding carboxylic acids is 1. The average molecular weight is 405 g/mol. The first-order chi connectivity index (χ1) is 13.4. The largest absolute Gasteiger partial charge is 0.384 e. The Morgan fingerprint density at radius 2 is 1.96 bits per heavy atom. The van der Waals surface area contributed by atoms with Gasteiger partial charge in [-0.15, -0.1) is 0 Å². The van der Waals surface area contributed by atoms with Crippen LogP contribution < -0.4 is 11.1 Å². The van der Waals surface area contributed by atoms with Gasteiger partial charge in [0.2, 0.25) is 15.9 Å². The van der Waals surface area contributed by atoms with E-state index in [2.05, 4.69) is 10.3 Å². The van der Waals surface area contributed by atoms with E-state index >= 15 is 0 Å². The number of hydrogen-bond acceptors (Lipinski definition) is 5. The lowest BCUT2D eigenvalue weighted by molar-refractivity contribution is -0.116. The second kappa shape index (κ2) is 7.83. The molecule has 2 aliphatic carbocycles. The quantitative estimate of drug-likeness (QED) is 0.672. The van der Waals surface area contributed by atoms with Crippen molar-refractivity contribution in [3.05, 3.63) is 30.0 Å². The van der Waals surface area contributed by atoms with Crippen LogP contribution >= 0.6 is 0 Å². The van der Waals surface area contributed by atoms with Crippen molar-refractivity contribution < 1.29 is 13.2 Å². The minimum absolute atomic E-state index is 0.131. The molecule has 3 aliphatic rings. The summed E-state index contributed by atoms with van der Waals surface area (Å²) in [6.07, 6.45) is 9.46. The van der Waals surface area contributed by atoms with E-state index in [0.717, 1.165) is 37.7 Å². The highest BCUT2D eigenvalue weighted by Crippen LogP contribution is 2.54. The van der Waals surface area contributed by atoms with Crippen molar-refractivity contribution in [3.63, 3.8) is 0 Å². The van der Waals surface area contributed by atoms with E-state index in [4.69, 9.17) is 5.73 Å². The number of piperidine rings is 1. The number of nitrogens with zero attached hydrogens (tertiary/aromatic N) is 2. The zero-order chi connectivity index (χ0) is 19.7. The number of nitrogens with two attached hydrogens (primary N) is 1. The minimum atomic E-state index is -3.09. The normalized spacial score (nSPS) is 27.9. The SMILES string of the molecule is Nc1ccc(/C=C/C(=O)NCCC2C3CN(S(=O)(=O)C4CCCC4)CC23)cn1. The van der Waals surface area contributed by atoms with Gasteiger partial charge in [-0.1, -0.05) is 12.8 Å². The number of hydrogen-bond donors (Lipinski definition) is 2. The Balaban J connectivity index is 1.17. The number of nitrogens with one attached hydrogen (secondary N) is 1. The maximum absolute atomic E-state index is 12.7. The Bertz CT molecular complexity index is 835. The van der Waals surface area contributed by atoms with Crippen molar-refractivity contribution in [2.45, 2.75) is 37.4 Å². The molecule has 2 heterocycles. The van der Waals surface area contributed by atoms with Crippen LogP contribution in [0.1, 0.15) is 37.7 Å². The second-order valence-electron chi connectivity index (χ2n) is 8.19. The monoisotopic (exact) mass is 404 g/mol. The lowest BCUT2D eigenvalue weighted by Gasteiger charge is -2.23. The predicted octanol–water partition coefficient (Wildman–Crippen LogP) is 1.63. The first-order valence-electron chi connectivity index (χ1n) is 10.1. The standard InChI is InChI=1S/C20H28N4O3S/c21-19-7-5-14(11-23-19)6-8-20(25)22-10-9-16-17-12-24(13-18(16)17)28(26,27)15-3-1-2-4-15/h5-8,11,15-18H,1-4,9-10,12-13H2,(H2,21,23)(H,22,25)/b8-6+. The molecule has 8 heteroatoms. The molecule has 28 heavy (non-hydrogen) atoms. The lowest BCUT2D eigenvalue weighted by Crippen LogP contribution is -2.38. The molecule has 4 rings (SSSR count). The van der Waals surface area contributed by atoms with E-state index in [1.165, 1.54) is 6.08 Å². The van der Waals surface area contributed by atoms with Gasteiger partial charge in [-0.05, 0) is 60.8 Å². The Labute approximate surface area is 166 Å². The highest BCUT2D eigenvalue weighted by Gasteiger charge is 2.57. The van der Waals surface area contributed by atoms with E-state index in [1.54, 1.807) is 22.6 Å². The van der Waals surface area contributed by atoms with Crippen molar-refractivity contribution in [2.24, 2.45) is 17.8 Å². The van der Waals surface area contributed by atoms with Crippen LogP contribution in [0.2, 0.25) is 0 Å². The summed E-state index contributed by atoms with van der Waals surface area (Å²) in [6, 6.07) is 3.50. The summed E-state index contributed by atoms with van der Waals surface area (Å²) in [5.41, 5.74) is 6.36. The fourth-order valence-electron chi connectivity index (χ4n) is 4.75. The molecule has 1 aromatic heterocycles. The van der Waals surface area contributed by atoms with E-state index in [0.29, 0.717) is 43.2 Å². The Hall–Kier alpha value is -1.93. The van der Waals surface area contributed by atoms with Gasteiger partial charge in [-0.25, -0.2) is 17.7 Å². The average Bonchev–Trinajstić information content (AvgIpc) is 3.11. The number of amides is 1. The highest BCUT2D eigenvalue weighted by molar-refractivity contribution is 7.89. The molecule has 1 aromatic rings. The molecule has 1 aliphatic heterocycles. The van der Waals surface area contributed by atoms with Crippen molar-refractivity contribution in [1.82, 2.24) is 14.6 Å². The maximum Gasteiger partial charge on any atom is 0.244 e. The maximum atomic E-state index is 12.7. The first kappa shape index (κ1) is 19.4. The molecule has 0 bridgehead atoms. The van der Waals surface area contributed by atoms with Gasteiger partial charge in [0.25, 0.3) is 0 Å². The molecule has 0 spiro atoms. The van der Waals surface area contributed by atoms with Gasteiger partial charge in [0, 0.05) is 31.9 Å². The summed E-state index contributed by atoms with van der Waals surface area (Å²) in [4.78, 5) is 15.9. The number of rotatable bonds is 7. The van der Waals surface area contributed by atoms with Crippen LogP contribution in [0, 0.1) is 17.8 Å². The summed E-state index contributed by atoms with van der Waals surface area (Å²) in [5.74, 6) is 1.81. The number of nitrogen functional groups attached to an aromatic ring is 1. The van der Waals surface area contributed by atoms with E-state index in [1.807, 2.05) is 6.07 Å². The topological polar surface area (TPSA) is 105 Å². The first-order valence-corrected chi connectivity index (χ1v) is 11.6. The highest BCUT2D eigenvalue weighted by atomic mass is 32.2. The van der Waals surface area contributed by atoms with Gasteiger partial charge >= 0.3 is 0 Å². The third kappa shape index (κ3) is 4.07. The van der Waals surface area contributed by atoms with Crippen LogP contribution in [0.5, 0.6) is 0 Å². The smallest absolute Gasteiger partial charge is 0.244 e. The van der Waals surface area contributed by atoms with Crippen LogP contribution in [0.4, 0.5) is 5.82 Å². The number of anilines is 1. The van der Waals surface area contributed by atoms with Gasteiger partial charge < -0.3 is 11.1 Å². The van der Waals surface area contributed by atoms with Crippen LogP contribution in [-0.4, -0.2) is 48.5 Å². The molecule has 2 atom stereocenters. The van der Waals surface area contributed by atoms with Crippen molar-refractivity contribution >= 4 is 27.8 Å². The van der Waals surface area contributed by atoms with Crippen LogP contribution in [0.3, 0.4) is 0 Å². The van der Waals surface area contributed by atoms with Gasteiger partial charge in [0.1, 0.15) is 5.82 Å². The molecule has 3 fully saturated rings. The summed E-state index contributed by atoms with van der Waals surface area (Å²) >= 11 is 0. The van der Waals surface area contributed by atoms with Crippen molar-refractivity contribution in [2.75, 3.05) is 25.4 Å². The van der Waals surface area contributed by atoms with E-state index < -0.39 is 10.0 Å². The zero-order valence-corrected chi connectivity index (χ0v) is 16.8. The van der Waals surface area contributed by atoms with Crippen LogP contribution in [0.15, 0.2) is 24.4 Å². The molecule has 7 nitrogen and oxygen atoms in total. The molecule has 3 N–H and O–H groups in total. The number of carbonyl (C=O) groups is 1. The molecule has 2 saturated carbocycles. The summed E-state index contributed by atoms with van der Waals surface area (Å²) in [5, 5.41) is 2.76. The van der Waals surface area contributed by atoms with Crippen molar-refractivity contribution in [1.29, 1.82) is 0 Å². The number of aromatic nitrogens is 1. The fourth-order valence-corrected chi connectivity index (χ4v) is 6.86. The molecule has 2 unspecified atom stereocenters. The van der Waals surface area contributed by atoms with E-state index in [9.17, 15) is 13.2 Å². The van der Waals surface area contributed by atoms with Gasteiger partial charge in [0.15, 0.2) is 0 Å². The second-order valence-corrected chi connectivity index (χ2v) is 10.4. The molecule has 1 saturated heterocycles. The Kier molecular flexibility index (Phi) is 5.42. The molecular formula is C20H28N4O3S. The van der Waals surface area contributed by atoms with Crippen molar-refractivity contribution in [3.8, 4) is 0 Å². The number of fused-ring (bicyclic) bond motifs is 1.